The Kier molecular flexibility index (Phi) is 3.12. The number of hydrogen-bond acceptors (Lipinski definition) is 3. The van der Waals surface area contributed by atoms with E-state index in [0.717, 1.165) is 17.8 Å². The van der Waals surface area contributed by atoms with Gasteiger partial charge in [-0.05, 0) is 32.3 Å². The van der Waals surface area contributed by atoms with E-state index in [2.05, 4.69) is 11.7 Å². The highest BCUT2D eigenvalue weighted by Gasteiger charge is 2.31. The lowest BCUT2D eigenvalue weighted by Crippen LogP contribution is -2.14. The van der Waals surface area contributed by atoms with Crippen molar-refractivity contribution in [2.24, 2.45) is 0 Å². The van der Waals surface area contributed by atoms with Crippen molar-refractivity contribution in [2.75, 3.05) is 11.5 Å². The lowest BCUT2D eigenvalue weighted by Gasteiger charge is -2.11. The number of nitrogens with zero attached hydrogens (tertiary/aromatic N) is 2. The van der Waals surface area contributed by atoms with E-state index in [0.29, 0.717) is 6.42 Å². The average Bonchev–Trinajstić information content (AvgIpc) is 2.73. The molecule has 0 aromatic carbocycles. The van der Waals surface area contributed by atoms with E-state index in [1.54, 1.807) is 0 Å². The van der Waals surface area contributed by atoms with E-state index in [-0.39, 0.29) is 17.5 Å². The van der Waals surface area contributed by atoms with E-state index in [1.807, 2.05) is 24.6 Å². The molecule has 2 heterocycles. The third-order valence-corrected chi connectivity index (χ3v) is 5.13. The maximum Gasteiger partial charge on any atom is 0.152 e. The summed E-state index contributed by atoms with van der Waals surface area (Å²) in [5, 5.41) is 4.48. The highest BCUT2D eigenvalue weighted by Crippen LogP contribution is 2.26. The van der Waals surface area contributed by atoms with Gasteiger partial charge in [-0.3, -0.25) is 4.68 Å². The molecule has 4 nitrogen and oxygen atoms in total. The monoisotopic (exact) mass is 254 g/mol. The zero-order valence-electron chi connectivity index (χ0n) is 10.3. The van der Waals surface area contributed by atoms with Gasteiger partial charge in [0.1, 0.15) is 0 Å². The van der Waals surface area contributed by atoms with E-state index in [9.17, 15) is 8.42 Å². The van der Waals surface area contributed by atoms with Crippen molar-refractivity contribution >= 4 is 9.84 Å². The van der Waals surface area contributed by atoms with Crippen LogP contribution in [0.1, 0.15) is 29.4 Å². The molecule has 1 saturated heterocycles. The Bertz CT molecular complexity index is 543. The fourth-order valence-corrected chi connectivity index (χ4v) is 4.15. The average molecular weight is 254 g/mol. The van der Waals surface area contributed by atoms with Gasteiger partial charge in [-0.2, -0.15) is 5.10 Å². The fourth-order valence-electron chi connectivity index (χ4n) is 2.46. The summed E-state index contributed by atoms with van der Waals surface area (Å²) in [4.78, 5) is 0. The van der Waals surface area contributed by atoms with Crippen molar-refractivity contribution in [1.82, 2.24) is 9.78 Å². The van der Waals surface area contributed by atoms with Gasteiger partial charge in [-0.25, -0.2) is 8.42 Å². The summed E-state index contributed by atoms with van der Waals surface area (Å²) < 4.78 is 24.9. The van der Waals surface area contributed by atoms with Crippen LogP contribution in [0.15, 0.2) is 12.7 Å². The van der Waals surface area contributed by atoms with Gasteiger partial charge in [0.2, 0.25) is 0 Å². The molecule has 5 heteroatoms. The molecule has 0 spiro atoms. The summed E-state index contributed by atoms with van der Waals surface area (Å²) in [7, 11) is -2.86. The molecule has 0 aliphatic carbocycles. The molecule has 0 saturated carbocycles. The highest BCUT2D eigenvalue weighted by molar-refractivity contribution is 7.91. The first-order chi connectivity index (χ1) is 7.94. The van der Waals surface area contributed by atoms with Crippen molar-refractivity contribution in [3.8, 4) is 0 Å². The van der Waals surface area contributed by atoms with E-state index in [4.69, 9.17) is 0 Å². The number of sulfone groups is 1. The summed E-state index contributed by atoms with van der Waals surface area (Å²) in [6.45, 7) is 7.70. The van der Waals surface area contributed by atoms with E-state index < -0.39 is 9.84 Å². The summed E-state index contributed by atoms with van der Waals surface area (Å²) in [5.74, 6) is 0.509. The second-order valence-corrected chi connectivity index (χ2v) is 6.87. The van der Waals surface area contributed by atoms with Gasteiger partial charge in [0, 0.05) is 5.69 Å². The molecule has 0 radical (unpaired) electrons. The summed E-state index contributed by atoms with van der Waals surface area (Å²) in [6, 6.07) is 0.0114. The standard InChI is InChI=1S/C12H18N2O2S/c1-4-5-12-9(2)13-14(10(12)3)11-6-7-17(15,16)8-11/h4,11H,1,5-8H2,2-3H3. The summed E-state index contributed by atoms with van der Waals surface area (Å²) in [6.07, 6.45) is 3.32. The van der Waals surface area contributed by atoms with Crippen LogP contribution in [-0.4, -0.2) is 29.7 Å². The molecule has 1 aliphatic rings. The maximum absolute atomic E-state index is 11.5. The molecule has 1 aliphatic heterocycles. The number of rotatable bonds is 3. The van der Waals surface area contributed by atoms with Crippen molar-refractivity contribution in [3.63, 3.8) is 0 Å². The van der Waals surface area contributed by atoms with Crippen molar-refractivity contribution in [3.05, 3.63) is 29.6 Å². The smallest absolute Gasteiger partial charge is 0.152 e. The van der Waals surface area contributed by atoms with Gasteiger partial charge < -0.3 is 0 Å². The largest absolute Gasteiger partial charge is 0.265 e. The van der Waals surface area contributed by atoms with Crippen LogP contribution in [0.2, 0.25) is 0 Å². The molecule has 1 fully saturated rings. The zero-order valence-corrected chi connectivity index (χ0v) is 11.1. The quantitative estimate of drug-likeness (QED) is 0.770. The van der Waals surface area contributed by atoms with Crippen molar-refractivity contribution in [1.29, 1.82) is 0 Å². The van der Waals surface area contributed by atoms with Crippen molar-refractivity contribution < 1.29 is 8.42 Å². The van der Waals surface area contributed by atoms with Crippen molar-refractivity contribution in [2.45, 2.75) is 32.7 Å². The molecule has 1 aromatic rings. The molecule has 0 N–H and O–H groups in total. The minimum absolute atomic E-state index is 0.0114. The summed E-state index contributed by atoms with van der Waals surface area (Å²) in [5.41, 5.74) is 3.22. The maximum atomic E-state index is 11.5. The number of aromatic nitrogens is 2. The number of allylic oxidation sites excluding steroid dienone is 1. The molecule has 2 rings (SSSR count). The van der Waals surface area contributed by atoms with Gasteiger partial charge in [-0.1, -0.05) is 6.08 Å². The molecule has 0 bridgehead atoms. The number of aryl methyl sites for hydroxylation is 1. The second kappa shape index (κ2) is 4.29. The SMILES string of the molecule is C=CCc1c(C)nn(C2CCS(=O)(=O)C2)c1C. The molecule has 1 unspecified atom stereocenters. The Hall–Kier alpha value is -1.10. The van der Waals surface area contributed by atoms with Crippen LogP contribution in [0, 0.1) is 13.8 Å². The van der Waals surface area contributed by atoms with Crippen LogP contribution in [-0.2, 0) is 16.3 Å². The Morgan fingerprint density at radius 3 is 2.76 bits per heavy atom. The molecule has 0 amide bonds. The minimum Gasteiger partial charge on any atom is -0.265 e. The van der Waals surface area contributed by atoms with E-state index in [1.165, 1.54) is 5.56 Å². The van der Waals surface area contributed by atoms with Crippen LogP contribution in [0.5, 0.6) is 0 Å². The lowest BCUT2D eigenvalue weighted by molar-refractivity contribution is 0.485. The minimum atomic E-state index is -2.86. The highest BCUT2D eigenvalue weighted by atomic mass is 32.2. The number of hydrogen-bond donors (Lipinski definition) is 0. The third-order valence-electron chi connectivity index (χ3n) is 3.38. The molecule has 94 valence electrons. The summed E-state index contributed by atoms with van der Waals surface area (Å²) >= 11 is 0. The van der Waals surface area contributed by atoms with Gasteiger partial charge >= 0.3 is 0 Å². The third kappa shape index (κ3) is 2.29. The van der Waals surface area contributed by atoms with Gasteiger partial charge in [0.05, 0.1) is 23.2 Å². The van der Waals surface area contributed by atoms with E-state index >= 15 is 0 Å². The Morgan fingerprint density at radius 2 is 2.24 bits per heavy atom. The first-order valence-corrected chi connectivity index (χ1v) is 7.62. The first-order valence-electron chi connectivity index (χ1n) is 5.80. The first kappa shape index (κ1) is 12.4. The Morgan fingerprint density at radius 1 is 1.53 bits per heavy atom. The predicted octanol–water partition coefficient (Wildman–Crippen LogP) is 1.59. The fraction of sp³-hybridized carbons (Fsp3) is 0.583. The predicted molar refractivity (Wildman–Crippen MR) is 67.9 cm³/mol. The zero-order chi connectivity index (χ0) is 12.6. The van der Waals surface area contributed by atoms with Crippen LogP contribution in [0.4, 0.5) is 0 Å². The Labute approximate surface area is 102 Å². The van der Waals surface area contributed by atoms with Gasteiger partial charge in [-0.15, -0.1) is 6.58 Å². The molecule has 1 atom stereocenters. The Balaban J connectivity index is 2.34. The molecule has 17 heavy (non-hydrogen) atoms. The van der Waals surface area contributed by atoms with Crippen LogP contribution < -0.4 is 0 Å². The molecular formula is C12H18N2O2S. The lowest BCUT2D eigenvalue weighted by atomic mass is 10.1. The molecular weight excluding hydrogens is 236 g/mol. The van der Waals surface area contributed by atoms with Crippen LogP contribution in [0.3, 0.4) is 0 Å². The van der Waals surface area contributed by atoms with Gasteiger partial charge in [0.25, 0.3) is 0 Å². The molecule has 1 aromatic heterocycles. The van der Waals surface area contributed by atoms with Gasteiger partial charge in [0.15, 0.2) is 9.84 Å². The second-order valence-electron chi connectivity index (χ2n) is 4.64. The normalized spacial score (nSPS) is 22.8. The van der Waals surface area contributed by atoms with Crippen LogP contribution in [0.25, 0.3) is 0 Å². The topological polar surface area (TPSA) is 52.0 Å². The van der Waals surface area contributed by atoms with Crippen LogP contribution >= 0.6 is 0 Å².